The fraction of sp³-hybridized carbons (Fsp3) is 0.389. The molecule has 2 aromatic rings. The number of aromatic nitrogens is 2. The van der Waals surface area contributed by atoms with E-state index in [-0.39, 0.29) is 17.6 Å². The predicted molar refractivity (Wildman–Crippen MR) is 93.3 cm³/mol. The first-order chi connectivity index (χ1) is 11.6. The number of anilines is 2. The molecule has 6 heteroatoms. The van der Waals surface area contributed by atoms with Crippen LogP contribution in [0, 0.1) is 11.7 Å². The maximum Gasteiger partial charge on any atom is 0.228 e. The molecule has 0 aliphatic rings. The monoisotopic (exact) mass is 330 g/mol. The first-order valence-corrected chi connectivity index (χ1v) is 8.25. The van der Waals surface area contributed by atoms with Gasteiger partial charge in [-0.2, -0.15) is 0 Å². The van der Waals surface area contributed by atoms with Crippen molar-refractivity contribution in [2.75, 3.05) is 17.2 Å². The second kappa shape index (κ2) is 8.96. The van der Waals surface area contributed by atoms with E-state index in [0.717, 1.165) is 12.8 Å². The van der Waals surface area contributed by atoms with Crippen molar-refractivity contribution in [3.63, 3.8) is 0 Å². The molecule has 128 valence electrons. The van der Waals surface area contributed by atoms with Crippen LogP contribution in [-0.2, 0) is 11.2 Å². The molecule has 0 atom stereocenters. The number of carbonyl (C=O) groups excluding carboxylic acids is 1. The van der Waals surface area contributed by atoms with Crippen molar-refractivity contribution in [3.8, 4) is 0 Å². The lowest BCUT2D eigenvalue weighted by molar-refractivity contribution is -0.120. The van der Waals surface area contributed by atoms with Crippen molar-refractivity contribution in [2.24, 2.45) is 5.92 Å². The van der Waals surface area contributed by atoms with Gasteiger partial charge in [0.05, 0.1) is 0 Å². The highest BCUT2D eigenvalue weighted by Gasteiger charge is 2.14. The SMILES string of the molecule is CCC(CC)C(=O)Nc1ccc(NCCc2ccccc2F)nn1. The minimum absolute atomic E-state index is 0.00892. The lowest BCUT2D eigenvalue weighted by atomic mass is 10.0. The summed E-state index contributed by atoms with van der Waals surface area (Å²) in [6.07, 6.45) is 2.15. The molecule has 1 amide bonds. The summed E-state index contributed by atoms with van der Waals surface area (Å²) < 4.78 is 13.5. The molecule has 2 rings (SSSR count). The van der Waals surface area contributed by atoms with Gasteiger partial charge in [-0.25, -0.2) is 4.39 Å². The van der Waals surface area contributed by atoms with Crippen LogP contribution in [0.4, 0.5) is 16.0 Å². The number of carbonyl (C=O) groups is 1. The summed E-state index contributed by atoms with van der Waals surface area (Å²) in [6, 6.07) is 10.2. The standard InChI is InChI=1S/C18H23FN4O/c1-3-13(4-2)18(24)21-17-10-9-16(22-23-17)20-12-11-14-7-5-6-8-15(14)19/h5-10,13H,3-4,11-12H2,1-2H3,(H,20,22)(H,21,23,24). The Labute approximate surface area is 141 Å². The maximum atomic E-state index is 13.5. The highest BCUT2D eigenvalue weighted by atomic mass is 19.1. The highest BCUT2D eigenvalue weighted by molar-refractivity contribution is 5.91. The van der Waals surface area contributed by atoms with Crippen LogP contribution in [0.2, 0.25) is 0 Å². The molecule has 0 aliphatic carbocycles. The molecule has 0 aliphatic heterocycles. The number of amides is 1. The zero-order valence-electron chi connectivity index (χ0n) is 14.1. The predicted octanol–water partition coefficient (Wildman–Crippen LogP) is 3.65. The van der Waals surface area contributed by atoms with Crippen LogP contribution in [0.3, 0.4) is 0 Å². The van der Waals surface area contributed by atoms with Gasteiger partial charge in [-0.05, 0) is 43.0 Å². The molecule has 1 aromatic carbocycles. The van der Waals surface area contributed by atoms with E-state index in [9.17, 15) is 9.18 Å². The molecule has 0 saturated heterocycles. The number of halogens is 1. The summed E-state index contributed by atoms with van der Waals surface area (Å²) in [7, 11) is 0. The molecule has 0 saturated carbocycles. The minimum atomic E-state index is -0.204. The maximum absolute atomic E-state index is 13.5. The van der Waals surface area contributed by atoms with Gasteiger partial charge in [0.1, 0.15) is 11.6 Å². The lowest BCUT2D eigenvalue weighted by Gasteiger charge is -2.12. The van der Waals surface area contributed by atoms with Crippen molar-refractivity contribution in [2.45, 2.75) is 33.1 Å². The largest absolute Gasteiger partial charge is 0.368 e. The Morgan fingerprint density at radius 3 is 2.38 bits per heavy atom. The van der Waals surface area contributed by atoms with E-state index >= 15 is 0 Å². The van der Waals surface area contributed by atoms with Gasteiger partial charge >= 0.3 is 0 Å². The number of nitrogens with one attached hydrogen (secondary N) is 2. The zero-order chi connectivity index (χ0) is 17.4. The van der Waals surface area contributed by atoms with Gasteiger partial charge in [0.25, 0.3) is 0 Å². The van der Waals surface area contributed by atoms with Crippen LogP contribution < -0.4 is 10.6 Å². The summed E-state index contributed by atoms with van der Waals surface area (Å²) in [5.74, 6) is 0.781. The van der Waals surface area contributed by atoms with E-state index in [1.807, 2.05) is 19.9 Å². The number of nitrogens with zero attached hydrogens (tertiary/aromatic N) is 2. The molecular weight excluding hydrogens is 307 g/mol. The van der Waals surface area contributed by atoms with E-state index in [4.69, 9.17) is 0 Å². The van der Waals surface area contributed by atoms with Gasteiger partial charge in [0.15, 0.2) is 5.82 Å². The molecule has 0 bridgehead atoms. The van der Waals surface area contributed by atoms with Crippen molar-refractivity contribution >= 4 is 17.5 Å². The molecule has 24 heavy (non-hydrogen) atoms. The van der Waals surface area contributed by atoms with Crippen molar-refractivity contribution in [1.82, 2.24) is 10.2 Å². The van der Waals surface area contributed by atoms with Crippen molar-refractivity contribution < 1.29 is 9.18 Å². The van der Waals surface area contributed by atoms with E-state index in [1.54, 1.807) is 24.3 Å². The van der Waals surface area contributed by atoms with E-state index in [0.29, 0.717) is 30.2 Å². The molecular formula is C18H23FN4O. The Bertz CT molecular complexity index is 656. The van der Waals surface area contributed by atoms with Crippen LogP contribution in [0.5, 0.6) is 0 Å². The number of hydrogen-bond acceptors (Lipinski definition) is 4. The summed E-state index contributed by atoms with van der Waals surface area (Å²) in [6.45, 7) is 4.53. The third-order valence-corrected chi connectivity index (χ3v) is 3.93. The van der Waals surface area contributed by atoms with Gasteiger partial charge in [-0.1, -0.05) is 32.0 Å². The molecule has 0 fully saturated rings. The third-order valence-electron chi connectivity index (χ3n) is 3.93. The smallest absolute Gasteiger partial charge is 0.228 e. The number of benzene rings is 1. The van der Waals surface area contributed by atoms with Crippen molar-refractivity contribution in [1.29, 1.82) is 0 Å². The molecule has 0 unspecified atom stereocenters. The lowest BCUT2D eigenvalue weighted by Crippen LogP contribution is -2.22. The highest BCUT2D eigenvalue weighted by Crippen LogP contribution is 2.12. The topological polar surface area (TPSA) is 66.9 Å². The Balaban J connectivity index is 1.84. The fourth-order valence-corrected chi connectivity index (χ4v) is 2.41. The summed E-state index contributed by atoms with van der Waals surface area (Å²) >= 11 is 0. The van der Waals surface area contributed by atoms with Crippen LogP contribution >= 0.6 is 0 Å². The molecule has 1 heterocycles. The summed E-state index contributed by atoms with van der Waals surface area (Å²) in [4.78, 5) is 12.0. The zero-order valence-corrected chi connectivity index (χ0v) is 14.1. The second-order valence-electron chi connectivity index (χ2n) is 5.57. The van der Waals surface area contributed by atoms with Crippen LogP contribution in [0.25, 0.3) is 0 Å². The Morgan fingerprint density at radius 1 is 1.08 bits per heavy atom. The van der Waals surface area contributed by atoms with Gasteiger partial charge in [0, 0.05) is 12.5 Å². The van der Waals surface area contributed by atoms with Gasteiger partial charge in [-0.3, -0.25) is 4.79 Å². The van der Waals surface area contributed by atoms with E-state index in [1.165, 1.54) is 6.07 Å². The molecule has 5 nitrogen and oxygen atoms in total. The average Bonchev–Trinajstić information content (AvgIpc) is 2.59. The third kappa shape index (κ3) is 5.01. The van der Waals surface area contributed by atoms with Crippen molar-refractivity contribution in [3.05, 3.63) is 47.8 Å². The van der Waals surface area contributed by atoms with Gasteiger partial charge in [0.2, 0.25) is 5.91 Å². The molecule has 1 aromatic heterocycles. The van der Waals surface area contributed by atoms with E-state index < -0.39 is 0 Å². The fourth-order valence-electron chi connectivity index (χ4n) is 2.41. The molecule has 0 spiro atoms. The van der Waals surface area contributed by atoms with E-state index in [2.05, 4.69) is 20.8 Å². The quantitative estimate of drug-likeness (QED) is 0.775. The first kappa shape index (κ1) is 17.8. The molecule has 0 radical (unpaired) electrons. The Morgan fingerprint density at radius 2 is 1.75 bits per heavy atom. The number of hydrogen-bond donors (Lipinski definition) is 2. The van der Waals surface area contributed by atoms with Crippen LogP contribution in [0.1, 0.15) is 32.3 Å². The first-order valence-electron chi connectivity index (χ1n) is 8.25. The summed E-state index contributed by atoms with van der Waals surface area (Å²) in [5, 5.41) is 13.9. The normalized spacial score (nSPS) is 10.7. The number of rotatable bonds is 8. The van der Waals surface area contributed by atoms with Gasteiger partial charge < -0.3 is 10.6 Å². The van der Waals surface area contributed by atoms with Gasteiger partial charge in [-0.15, -0.1) is 10.2 Å². The summed E-state index contributed by atoms with van der Waals surface area (Å²) in [5.41, 5.74) is 0.659. The Kier molecular flexibility index (Phi) is 6.66. The second-order valence-corrected chi connectivity index (χ2v) is 5.57. The minimum Gasteiger partial charge on any atom is -0.368 e. The van der Waals surface area contributed by atoms with Crippen LogP contribution in [0.15, 0.2) is 36.4 Å². The van der Waals surface area contributed by atoms with Crippen LogP contribution in [-0.4, -0.2) is 22.6 Å². The Hall–Kier alpha value is -2.50. The molecule has 2 N–H and O–H groups in total. The average molecular weight is 330 g/mol.